The fraction of sp³-hybridized carbons (Fsp3) is 1.00. The van der Waals surface area contributed by atoms with Crippen molar-refractivity contribution in [1.29, 1.82) is 0 Å². The normalized spacial score (nSPS) is 21.9. The fourth-order valence-corrected chi connectivity index (χ4v) is 10.8. The quantitative estimate of drug-likeness (QED) is 0.153. The molecular weight excluding hydrogens is 1010 g/mol. The van der Waals surface area contributed by atoms with E-state index >= 15 is 0 Å². The van der Waals surface area contributed by atoms with E-state index in [1.165, 1.54) is 225 Å². The highest BCUT2D eigenvalue weighted by Crippen LogP contribution is 2.36. The smallest absolute Gasteiger partial charge is 0.0354 e. The molecule has 0 aliphatic heterocycles. The maximum Gasteiger partial charge on any atom is -0.0354 e. The van der Waals surface area contributed by atoms with Crippen LogP contribution in [0.5, 0.6) is 0 Å². The van der Waals surface area contributed by atoms with E-state index in [1.807, 2.05) is 0 Å². The van der Waals surface area contributed by atoms with Gasteiger partial charge in [-0.3, -0.25) is 0 Å². The zero-order chi connectivity index (χ0) is 66.3. The SMILES string of the molecule is CC(C)C(C)(C)C.CC1(C)CCCC1.CC1CCCCC1.CC1CCC[C@H]1C.CC1CC[C@@H](C)C1.CCC(C)(C)CC.CCC(C)C(C)C.CCC(C)C(C)C.CCC(CC)CC.CCC1CCCC1.CCCC(C)CC.CCCC1CCC1. The van der Waals surface area contributed by atoms with E-state index in [4.69, 9.17) is 0 Å². The molecule has 0 bridgehead atoms. The Balaban J connectivity index is -0.000000198. The lowest BCUT2D eigenvalue weighted by Crippen LogP contribution is -2.12. The molecule has 0 amide bonds. The average molecular weight is 1190 g/mol. The number of hydrogen-bond acceptors (Lipinski definition) is 0. The summed E-state index contributed by atoms with van der Waals surface area (Å²) in [5.41, 5.74) is 1.78. The summed E-state index contributed by atoms with van der Waals surface area (Å²) in [4.78, 5) is 0. The third kappa shape index (κ3) is 67.9. The van der Waals surface area contributed by atoms with Crippen LogP contribution in [0.4, 0.5) is 0 Å². The third-order valence-corrected chi connectivity index (χ3v) is 22.5. The first-order chi connectivity index (χ1) is 39.1. The summed E-state index contributed by atoms with van der Waals surface area (Å²) in [5.74, 6) is 13.6. The van der Waals surface area contributed by atoms with Crippen LogP contribution < -0.4 is 0 Å². The van der Waals surface area contributed by atoms with Crippen molar-refractivity contribution in [2.24, 2.45) is 99.1 Å². The van der Waals surface area contributed by atoms with Gasteiger partial charge in [0.15, 0.2) is 0 Å². The number of hydrogen-bond donors (Lipinski definition) is 0. The predicted molar refractivity (Wildman–Crippen MR) is 399 cm³/mol. The van der Waals surface area contributed by atoms with E-state index in [1.54, 1.807) is 0 Å². The minimum absolute atomic E-state index is 0.500. The Hall–Kier alpha value is 0. The van der Waals surface area contributed by atoms with Crippen LogP contribution in [0.15, 0.2) is 0 Å². The van der Waals surface area contributed by atoms with E-state index in [0.29, 0.717) is 16.2 Å². The van der Waals surface area contributed by atoms with Crippen LogP contribution in [-0.2, 0) is 0 Å². The Bertz CT molecular complexity index is 1130. The van der Waals surface area contributed by atoms with Gasteiger partial charge in [-0.2, -0.15) is 0 Å². The molecule has 6 aliphatic rings. The van der Waals surface area contributed by atoms with Crippen molar-refractivity contribution in [2.75, 3.05) is 0 Å². The Labute approximate surface area is 542 Å². The van der Waals surface area contributed by atoms with Gasteiger partial charge in [0.2, 0.25) is 0 Å². The van der Waals surface area contributed by atoms with Crippen molar-refractivity contribution >= 4 is 0 Å². The Kier molecular flexibility index (Phi) is 70.0. The van der Waals surface area contributed by atoms with Crippen molar-refractivity contribution < 1.29 is 0 Å². The second-order valence-corrected chi connectivity index (χ2v) is 33.2. The molecule has 0 radical (unpaired) electrons. The van der Waals surface area contributed by atoms with Crippen LogP contribution in [0, 0.1) is 99.1 Å². The van der Waals surface area contributed by atoms with Crippen molar-refractivity contribution in [1.82, 2.24) is 0 Å². The fourth-order valence-electron chi connectivity index (χ4n) is 10.8. The predicted octanol–water partition coefficient (Wildman–Crippen LogP) is 31.8. The van der Waals surface area contributed by atoms with Crippen LogP contribution in [0.1, 0.15) is 446 Å². The highest BCUT2D eigenvalue weighted by atomic mass is 14.3. The van der Waals surface area contributed by atoms with Gasteiger partial charge in [-0.25, -0.2) is 0 Å². The van der Waals surface area contributed by atoms with Crippen molar-refractivity contribution in [3.05, 3.63) is 0 Å². The highest BCUT2D eigenvalue weighted by Gasteiger charge is 2.22. The third-order valence-electron chi connectivity index (χ3n) is 22.5. The second kappa shape index (κ2) is 61.8. The van der Waals surface area contributed by atoms with E-state index < -0.39 is 0 Å². The van der Waals surface area contributed by atoms with Gasteiger partial charge in [0.05, 0.1) is 0 Å². The summed E-state index contributed by atoms with van der Waals surface area (Å²) in [6, 6.07) is 0. The first-order valence-corrected chi connectivity index (χ1v) is 39.1. The molecule has 7 atom stereocenters. The van der Waals surface area contributed by atoms with Crippen molar-refractivity contribution in [2.45, 2.75) is 446 Å². The Morgan fingerprint density at radius 1 is 0.393 bits per heavy atom. The minimum atomic E-state index is 0.500. The molecule has 0 saturated heterocycles. The van der Waals surface area contributed by atoms with Gasteiger partial charge in [-0.15, -0.1) is 0 Å². The molecule has 84 heavy (non-hydrogen) atoms. The monoisotopic (exact) mass is 1190 g/mol. The highest BCUT2D eigenvalue weighted by molar-refractivity contribution is 4.75. The van der Waals surface area contributed by atoms with E-state index in [-0.39, 0.29) is 0 Å². The van der Waals surface area contributed by atoms with Crippen molar-refractivity contribution in [3.63, 3.8) is 0 Å². The molecule has 0 aromatic heterocycles. The topological polar surface area (TPSA) is 0 Å². The van der Waals surface area contributed by atoms with E-state index in [0.717, 1.165) is 82.9 Å². The van der Waals surface area contributed by atoms with Gasteiger partial charge >= 0.3 is 0 Å². The standard InChI is InChI=1S/6C7H14.6C7H16/c1-6-3-4-7(2)5-6;1-7(2)5-3-4-6-7;1-6-4-3-5-7(6)2;1-7-5-3-2-4-6-7;1-2-7-5-3-4-6-7;1-2-4-7-5-3-6-7;1-6(2)7(3,4)5;1-5-7(3,4)6-2;2*1-5-7(4)6(2)3;1-4-6-7(3)5-2;1-4-7(5-2)6-3/h6-7H,3-5H2,1-2H3;3-6H2,1-2H3;6-7H,3-5H2,1-2H3;3*7H,2-6H2,1H3;6H,1-5H3;5-6H2,1-4H3;2*6-7H,5H2,1-4H3;2*7H,4-6H2,1-3H3/t6-,7?;;6-,7?;;;;;;;;;/m1.1........./s1. The average Bonchev–Trinajstić information content (AvgIpc) is 4.30. The lowest BCUT2D eigenvalue weighted by molar-refractivity contribution is 0.283. The van der Waals surface area contributed by atoms with E-state index in [9.17, 15) is 0 Å². The molecule has 0 aromatic rings. The van der Waals surface area contributed by atoms with Crippen LogP contribution >= 0.6 is 0 Å². The van der Waals surface area contributed by atoms with Crippen LogP contribution in [0.3, 0.4) is 0 Å². The second-order valence-electron chi connectivity index (χ2n) is 33.2. The molecular formula is C84H180. The maximum absolute atomic E-state index is 2.36. The molecule has 0 N–H and O–H groups in total. The Morgan fingerprint density at radius 2 is 0.762 bits per heavy atom. The summed E-state index contributed by atoms with van der Waals surface area (Å²) in [5, 5.41) is 0. The van der Waals surface area contributed by atoms with Crippen LogP contribution in [0.2, 0.25) is 0 Å². The summed E-state index contributed by atoms with van der Waals surface area (Å²) in [7, 11) is 0. The molecule has 516 valence electrons. The summed E-state index contributed by atoms with van der Waals surface area (Å²) in [6.07, 6.45) is 50.3. The molecule has 0 heterocycles. The molecule has 6 rings (SSSR count). The van der Waals surface area contributed by atoms with Crippen LogP contribution in [-0.4, -0.2) is 0 Å². The summed E-state index contributed by atoms with van der Waals surface area (Å²) < 4.78 is 0. The molecule has 5 unspecified atom stereocenters. The summed E-state index contributed by atoms with van der Waals surface area (Å²) in [6.45, 7) is 73.2. The van der Waals surface area contributed by atoms with E-state index in [2.05, 4.69) is 222 Å². The first-order valence-electron chi connectivity index (χ1n) is 39.1. The molecule has 6 aliphatic carbocycles. The molecule has 0 aromatic carbocycles. The molecule has 0 heteroatoms. The largest absolute Gasteiger partial charge is 0.0654 e. The van der Waals surface area contributed by atoms with Gasteiger partial charge in [0, 0.05) is 0 Å². The van der Waals surface area contributed by atoms with Gasteiger partial charge < -0.3 is 0 Å². The maximum atomic E-state index is 2.36. The molecule has 0 nitrogen and oxygen atoms in total. The zero-order valence-corrected chi connectivity index (χ0v) is 66.3. The summed E-state index contributed by atoms with van der Waals surface area (Å²) >= 11 is 0. The Morgan fingerprint density at radius 3 is 0.869 bits per heavy atom. The first kappa shape index (κ1) is 95.1. The molecule has 6 fully saturated rings. The van der Waals surface area contributed by atoms with Crippen molar-refractivity contribution in [3.8, 4) is 0 Å². The molecule has 0 spiro atoms. The molecule has 6 saturated carbocycles. The number of rotatable bonds is 15. The van der Waals surface area contributed by atoms with Gasteiger partial charge in [0.25, 0.3) is 0 Å². The van der Waals surface area contributed by atoms with Gasteiger partial charge in [-0.1, -0.05) is 427 Å². The van der Waals surface area contributed by atoms with Crippen LogP contribution in [0.25, 0.3) is 0 Å². The minimum Gasteiger partial charge on any atom is -0.0654 e. The van der Waals surface area contributed by atoms with Gasteiger partial charge in [0.1, 0.15) is 0 Å². The zero-order valence-electron chi connectivity index (χ0n) is 66.3. The lowest BCUT2D eigenvalue weighted by Gasteiger charge is -2.24. The lowest BCUT2D eigenvalue weighted by atomic mass is 9.82. The van der Waals surface area contributed by atoms with Gasteiger partial charge in [-0.05, 0) is 118 Å².